The first-order valence-electron chi connectivity index (χ1n) is 9.72. The SMILES string of the molecule is O=C(CCN(Cc1ccccc1)C(=O)O)Nc1c[nH]c(OCc2ccccc2)cc1=O. The number of carboxylic acid groups (broad SMARTS) is 1. The van der Waals surface area contributed by atoms with Gasteiger partial charge in [-0.2, -0.15) is 0 Å². The van der Waals surface area contributed by atoms with Gasteiger partial charge in [-0.25, -0.2) is 4.79 Å². The maximum atomic E-state index is 12.3. The maximum Gasteiger partial charge on any atom is 0.407 e. The number of aromatic amines is 1. The number of amides is 2. The highest BCUT2D eigenvalue weighted by Gasteiger charge is 2.15. The van der Waals surface area contributed by atoms with E-state index in [1.807, 2.05) is 60.7 Å². The molecule has 0 fully saturated rings. The Balaban J connectivity index is 1.52. The number of ether oxygens (including phenoxy) is 1. The van der Waals surface area contributed by atoms with Crippen molar-refractivity contribution in [3.63, 3.8) is 0 Å². The smallest absolute Gasteiger partial charge is 0.407 e. The number of nitrogens with one attached hydrogen (secondary N) is 2. The number of hydrogen-bond donors (Lipinski definition) is 3. The van der Waals surface area contributed by atoms with Gasteiger partial charge in [-0.15, -0.1) is 0 Å². The summed E-state index contributed by atoms with van der Waals surface area (Å²) in [5.74, 6) is -0.172. The van der Waals surface area contributed by atoms with Gasteiger partial charge in [0.1, 0.15) is 12.3 Å². The third-order valence-corrected chi connectivity index (χ3v) is 4.49. The first-order chi connectivity index (χ1) is 15.0. The van der Waals surface area contributed by atoms with Crippen LogP contribution in [-0.2, 0) is 17.9 Å². The number of rotatable bonds is 9. The molecule has 3 aromatic rings. The highest BCUT2D eigenvalue weighted by Crippen LogP contribution is 2.10. The molecule has 0 saturated carbocycles. The van der Waals surface area contributed by atoms with E-state index in [2.05, 4.69) is 10.3 Å². The number of benzene rings is 2. The van der Waals surface area contributed by atoms with Gasteiger partial charge >= 0.3 is 6.09 Å². The topological polar surface area (TPSA) is 112 Å². The molecule has 160 valence electrons. The summed E-state index contributed by atoms with van der Waals surface area (Å²) in [5.41, 5.74) is 1.45. The molecule has 8 nitrogen and oxygen atoms in total. The lowest BCUT2D eigenvalue weighted by Crippen LogP contribution is -2.32. The zero-order valence-electron chi connectivity index (χ0n) is 16.8. The van der Waals surface area contributed by atoms with E-state index in [1.165, 1.54) is 12.3 Å². The number of carbonyl (C=O) groups excluding carboxylic acids is 1. The lowest BCUT2D eigenvalue weighted by Gasteiger charge is -2.19. The maximum absolute atomic E-state index is 12.3. The number of nitrogens with zero attached hydrogens (tertiary/aromatic N) is 1. The van der Waals surface area contributed by atoms with Crippen molar-refractivity contribution in [2.45, 2.75) is 19.6 Å². The quantitative estimate of drug-likeness (QED) is 0.490. The molecule has 0 atom stereocenters. The third-order valence-electron chi connectivity index (χ3n) is 4.49. The van der Waals surface area contributed by atoms with Crippen LogP contribution in [0.25, 0.3) is 0 Å². The molecule has 0 radical (unpaired) electrons. The number of pyridine rings is 1. The summed E-state index contributed by atoms with van der Waals surface area (Å²) in [6.45, 7) is 0.485. The highest BCUT2D eigenvalue weighted by molar-refractivity contribution is 5.90. The van der Waals surface area contributed by atoms with Crippen molar-refractivity contribution in [1.82, 2.24) is 9.88 Å². The second kappa shape index (κ2) is 10.6. The zero-order chi connectivity index (χ0) is 22.1. The van der Waals surface area contributed by atoms with E-state index in [9.17, 15) is 19.5 Å². The van der Waals surface area contributed by atoms with Crippen LogP contribution in [0.5, 0.6) is 5.88 Å². The van der Waals surface area contributed by atoms with Gasteiger partial charge in [-0.1, -0.05) is 60.7 Å². The predicted octanol–water partition coefficient (Wildman–Crippen LogP) is 3.46. The summed E-state index contributed by atoms with van der Waals surface area (Å²) in [7, 11) is 0. The fourth-order valence-corrected chi connectivity index (χ4v) is 2.86. The van der Waals surface area contributed by atoms with E-state index in [0.29, 0.717) is 6.61 Å². The Hall–Kier alpha value is -4.07. The van der Waals surface area contributed by atoms with Crippen LogP contribution < -0.4 is 15.5 Å². The van der Waals surface area contributed by atoms with Crippen LogP contribution in [0.3, 0.4) is 0 Å². The fourth-order valence-electron chi connectivity index (χ4n) is 2.86. The zero-order valence-corrected chi connectivity index (χ0v) is 16.8. The average Bonchev–Trinajstić information content (AvgIpc) is 2.78. The molecule has 0 saturated heterocycles. The first-order valence-corrected chi connectivity index (χ1v) is 9.72. The molecular weight excluding hydrogens is 398 g/mol. The lowest BCUT2D eigenvalue weighted by atomic mass is 10.2. The molecule has 3 rings (SSSR count). The summed E-state index contributed by atoms with van der Waals surface area (Å²) in [5, 5.41) is 11.9. The average molecular weight is 421 g/mol. The number of H-pyrrole nitrogens is 1. The molecule has 0 aliphatic heterocycles. The van der Waals surface area contributed by atoms with Gasteiger partial charge in [0.2, 0.25) is 11.3 Å². The normalized spacial score (nSPS) is 10.3. The second-order valence-electron chi connectivity index (χ2n) is 6.84. The molecule has 1 aromatic heterocycles. The van der Waals surface area contributed by atoms with Gasteiger partial charge in [0.25, 0.3) is 0 Å². The van der Waals surface area contributed by atoms with Crippen molar-refractivity contribution in [3.8, 4) is 5.88 Å². The number of hydrogen-bond acceptors (Lipinski definition) is 4. The van der Waals surface area contributed by atoms with Gasteiger partial charge in [0.05, 0.1) is 0 Å². The van der Waals surface area contributed by atoms with Crippen LogP contribution in [-0.4, -0.2) is 33.5 Å². The molecule has 8 heteroatoms. The standard InChI is InChI=1S/C23H23N3O5/c27-20-13-22(31-16-18-9-5-2-6-10-18)24-14-19(20)25-21(28)11-12-26(23(29)30)15-17-7-3-1-4-8-17/h1-10,13-14H,11-12,15-16H2,(H,24,27)(H,25,28)(H,29,30). The largest absolute Gasteiger partial charge is 0.474 e. The van der Waals surface area contributed by atoms with Crippen molar-refractivity contribution in [2.24, 2.45) is 0 Å². The van der Waals surface area contributed by atoms with E-state index in [4.69, 9.17) is 4.74 Å². The monoisotopic (exact) mass is 421 g/mol. The molecule has 31 heavy (non-hydrogen) atoms. The Morgan fingerprint density at radius 2 is 1.65 bits per heavy atom. The van der Waals surface area contributed by atoms with Crippen LogP contribution in [0, 0.1) is 0 Å². The van der Waals surface area contributed by atoms with E-state index in [0.717, 1.165) is 16.0 Å². The Morgan fingerprint density at radius 1 is 1.00 bits per heavy atom. The lowest BCUT2D eigenvalue weighted by molar-refractivity contribution is -0.116. The van der Waals surface area contributed by atoms with Gasteiger partial charge in [0, 0.05) is 31.8 Å². The summed E-state index contributed by atoms with van der Waals surface area (Å²) < 4.78 is 5.55. The molecule has 0 aliphatic carbocycles. The van der Waals surface area contributed by atoms with Crippen molar-refractivity contribution >= 4 is 17.7 Å². The van der Waals surface area contributed by atoms with Crippen LogP contribution in [0.15, 0.2) is 77.7 Å². The second-order valence-corrected chi connectivity index (χ2v) is 6.84. The third kappa shape index (κ3) is 6.74. The Bertz CT molecular complexity index is 1070. The molecule has 2 aromatic carbocycles. The molecule has 1 heterocycles. The molecule has 0 unspecified atom stereocenters. The summed E-state index contributed by atoms with van der Waals surface area (Å²) in [6, 6.07) is 19.9. The van der Waals surface area contributed by atoms with E-state index in [1.54, 1.807) is 0 Å². The van der Waals surface area contributed by atoms with Crippen molar-refractivity contribution in [1.29, 1.82) is 0 Å². The van der Waals surface area contributed by atoms with Crippen molar-refractivity contribution in [3.05, 3.63) is 94.3 Å². The summed E-state index contributed by atoms with van der Waals surface area (Å²) >= 11 is 0. The number of aromatic nitrogens is 1. The van der Waals surface area contributed by atoms with Gasteiger partial charge in [0.15, 0.2) is 5.88 Å². The molecule has 0 aliphatic rings. The van der Waals surface area contributed by atoms with Gasteiger partial charge < -0.3 is 25.0 Å². The van der Waals surface area contributed by atoms with Crippen molar-refractivity contribution in [2.75, 3.05) is 11.9 Å². The summed E-state index contributed by atoms with van der Waals surface area (Å²) in [4.78, 5) is 39.9. The Kier molecular flexibility index (Phi) is 7.42. The van der Waals surface area contributed by atoms with Crippen LogP contribution in [0.2, 0.25) is 0 Å². The molecule has 2 amide bonds. The highest BCUT2D eigenvalue weighted by atomic mass is 16.5. The predicted molar refractivity (Wildman–Crippen MR) is 116 cm³/mol. The molecule has 0 spiro atoms. The van der Waals surface area contributed by atoms with E-state index >= 15 is 0 Å². The van der Waals surface area contributed by atoms with Crippen LogP contribution >= 0.6 is 0 Å². The minimum atomic E-state index is -1.12. The van der Waals surface area contributed by atoms with Crippen LogP contribution in [0.4, 0.5) is 10.5 Å². The minimum Gasteiger partial charge on any atom is -0.474 e. The van der Waals surface area contributed by atoms with Crippen molar-refractivity contribution < 1.29 is 19.4 Å². The Morgan fingerprint density at radius 3 is 2.26 bits per heavy atom. The fraction of sp³-hybridized carbons (Fsp3) is 0.174. The summed E-state index contributed by atoms with van der Waals surface area (Å²) in [6.07, 6.45) is 0.166. The molecule has 0 bridgehead atoms. The minimum absolute atomic E-state index is 0.00619. The Labute approximate surface area is 179 Å². The number of carbonyl (C=O) groups is 2. The van der Waals surface area contributed by atoms with E-state index < -0.39 is 17.4 Å². The van der Waals surface area contributed by atoms with Gasteiger partial charge in [-0.3, -0.25) is 9.59 Å². The van der Waals surface area contributed by atoms with Gasteiger partial charge in [-0.05, 0) is 11.1 Å². The first kappa shape index (κ1) is 21.6. The molecular formula is C23H23N3O5. The number of anilines is 1. The molecule has 3 N–H and O–H groups in total. The van der Waals surface area contributed by atoms with E-state index in [-0.39, 0.29) is 31.1 Å². The van der Waals surface area contributed by atoms with Crippen LogP contribution in [0.1, 0.15) is 17.5 Å².